The number of ketones is 1. The zero-order valence-electron chi connectivity index (χ0n) is 14.6. The molecule has 0 aliphatic rings. The number of nitrogen functional groups attached to an aromatic ring is 1. The van der Waals surface area contributed by atoms with Gasteiger partial charge in [-0.05, 0) is 44.0 Å². The molecule has 2 aromatic carbocycles. The Morgan fingerprint density at radius 2 is 1.88 bits per heavy atom. The van der Waals surface area contributed by atoms with Gasteiger partial charge in [0, 0.05) is 12.1 Å². The molecule has 1 atom stereocenters. The van der Waals surface area contributed by atoms with Crippen molar-refractivity contribution >= 4 is 11.5 Å². The van der Waals surface area contributed by atoms with Crippen LogP contribution in [-0.4, -0.2) is 18.4 Å². The zero-order chi connectivity index (χ0) is 17.5. The first kappa shape index (κ1) is 18.0. The average Bonchev–Trinajstić information content (AvgIpc) is 2.58. The lowest BCUT2D eigenvalue weighted by atomic mass is 10.0. The molecule has 0 fully saturated rings. The van der Waals surface area contributed by atoms with Gasteiger partial charge < -0.3 is 15.8 Å². The van der Waals surface area contributed by atoms with Gasteiger partial charge in [0.1, 0.15) is 5.75 Å². The minimum absolute atomic E-state index is 0.0550. The Morgan fingerprint density at radius 1 is 1.17 bits per heavy atom. The van der Waals surface area contributed by atoms with Gasteiger partial charge in [-0.25, -0.2) is 0 Å². The third-order valence-corrected chi connectivity index (χ3v) is 3.99. The van der Waals surface area contributed by atoms with E-state index in [-0.39, 0.29) is 11.8 Å². The van der Waals surface area contributed by atoms with Gasteiger partial charge in [-0.3, -0.25) is 4.79 Å². The van der Waals surface area contributed by atoms with Crippen LogP contribution in [0, 0.1) is 6.92 Å². The van der Waals surface area contributed by atoms with Crippen molar-refractivity contribution in [1.29, 1.82) is 0 Å². The monoisotopic (exact) mass is 326 g/mol. The molecule has 0 aliphatic heterocycles. The standard InChI is InChI=1S/C20H26N2O2/c1-4-18(22-13-15-8-6-14(3)7-9-15)20(23)16-10-11-19(24-5-2)17(21)12-16/h6-12,18,22H,4-5,13,21H2,1-3H3. The van der Waals surface area contributed by atoms with Crippen molar-refractivity contribution < 1.29 is 9.53 Å². The molecule has 0 aliphatic carbocycles. The number of carbonyl (C=O) groups excluding carboxylic acids is 1. The Labute approximate surface area is 144 Å². The molecule has 0 saturated heterocycles. The van der Waals surface area contributed by atoms with Crippen molar-refractivity contribution in [3.05, 3.63) is 59.2 Å². The minimum Gasteiger partial charge on any atom is -0.492 e. The van der Waals surface area contributed by atoms with Gasteiger partial charge in [0.15, 0.2) is 5.78 Å². The van der Waals surface area contributed by atoms with Crippen molar-refractivity contribution in [2.75, 3.05) is 12.3 Å². The summed E-state index contributed by atoms with van der Waals surface area (Å²) in [7, 11) is 0. The maximum absolute atomic E-state index is 12.7. The number of carbonyl (C=O) groups is 1. The highest BCUT2D eigenvalue weighted by Gasteiger charge is 2.18. The molecule has 0 heterocycles. The molecular formula is C20H26N2O2. The molecule has 3 N–H and O–H groups in total. The molecule has 1 unspecified atom stereocenters. The largest absolute Gasteiger partial charge is 0.492 e. The molecule has 0 saturated carbocycles. The third-order valence-electron chi connectivity index (χ3n) is 3.99. The number of hydrogen-bond acceptors (Lipinski definition) is 4. The van der Waals surface area contributed by atoms with Crippen molar-refractivity contribution in [2.24, 2.45) is 0 Å². The number of aryl methyl sites for hydroxylation is 1. The first-order valence-corrected chi connectivity index (χ1v) is 8.40. The first-order valence-electron chi connectivity index (χ1n) is 8.40. The van der Waals surface area contributed by atoms with Crippen LogP contribution in [0.2, 0.25) is 0 Å². The van der Waals surface area contributed by atoms with Gasteiger partial charge in [0.25, 0.3) is 0 Å². The summed E-state index contributed by atoms with van der Waals surface area (Å²) >= 11 is 0. The lowest BCUT2D eigenvalue weighted by Gasteiger charge is -2.17. The number of Topliss-reactive ketones (excluding diaryl/α,β-unsaturated/α-hetero) is 1. The van der Waals surface area contributed by atoms with Crippen molar-refractivity contribution in [3.8, 4) is 5.75 Å². The van der Waals surface area contributed by atoms with Gasteiger partial charge in [-0.15, -0.1) is 0 Å². The highest BCUT2D eigenvalue weighted by atomic mass is 16.5. The van der Waals surface area contributed by atoms with Crippen molar-refractivity contribution in [1.82, 2.24) is 5.32 Å². The highest BCUT2D eigenvalue weighted by molar-refractivity contribution is 6.01. The van der Waals surface area contributed by atoms with Crippen LogP contribution in [0.4, 0.5) is 5.69 Å². The van der Waals surface area contributed by atoms with Crippen LogP contribution in [0.1, 0.15) is 41.8 Å². The zero-order valence-corrected chi connectivity index (χ0v) is 14.6. The van der Waals surface area contributed by atoms with E-state index in [1.54, 1.807) is 18.2 Å². The van der Waals surface area contributed by atoms with E-state index in [4.69, 9.17) is 10.5 Å². The predicted molar refractivity (Wildman–Crippen MR) is 98.5 cm³/mol. The number of nitrogens with one attached hydrogen (secondary N) is 1. The van der Waals surface area contributed by atoms with E-state index in [0.717, 1.165) is 12.0 Å². The van der Waals surface area contributed by atoms with E-state index >= 15 is 0 Å². The molecular weight excluding hydrogens is 300 g/mol. The third kappa shape index (κ3) is 4.59. The fourth-order valence-electron chi connectivity index (χ4n) is 2.56. The molecule has 4 heteroatoms. The number of rotatable bonds is 8. The Bertz CT molecular complexity index is 681. The van der Waals surface area contributed by atoms with Gasteiger partial charge in [-0.1, -0.05) is 36.8 Å². The molecule has 0 amide bonds. The van der Waals surface area contributed by atoms with Crippen LogP contribution >= 0.6 is 0 Å². The average molecular weight is 326 g/mol. The van der Waals surface area contributed by atoms with Gasteiger partial charge in [-0.2, -0.15) is 0 Å². The predicted octanol–water partition coefficient (Wildman–Crippen LogP) is 3.73. The van der Waals surface area contributed by atoms with E-state index in [0.29, 0.717) is 30.2 Å². The molecule has 128 valence electrons. The van der Waals surface area contributed by atoms with Gasteiger partial charge >= 0.3 is 0 Å². The lowest BCUT2D eigenvalue weighted by Crippen LogP contribution is -2.35. The summed E-state index contributed by atoms with van der Waals surface area (Å²) in [6.07, 6.45) is 0.720. The summed E-state index contributed by atoms with van der Waals surface area (Å²) in [6, 6.07) is 13.3. The van der Waals surface area contributed by atoms with Crippen LogP contribution in [0.15, 0.2) is 42.5 Å². The van der Waals surface area contributed by atoms with E-state index < -0.39 is 0 Å². The topological polar surface area (TPSA) is 64.3 Å². The first-order chi connectivity index (χ1) is 11.5. The number of ether oxygens (including phenoxy) is 1. The molecule has 24 heavy (non-hydrogen) atoms. The Hall–Kier alpha value is -2.33. The van der Waals surface area contributed by atoms with Crippen molar-refractivity contribution in [2.45, 2.75) is 39.8 Å². The van der Waals surface area contributed by atoms with Crippen LogP contribution in [0.3, 0.4) is 0 Å². The SMILES string of the molecule is CCOc1ccc(C(=O)C(CC)NCc2ccc(C)cc2)cc1N. The van der Waals surface area contributed by atoms with Crippen LogP contribution in [0.25, 0.3) is 0 Å². The lowest BCUT2D eigenvalue weighted by molar-refractivity contribution is 0.0939. The number of benzene rings is 2. The molecule has 0 bridgehead atoms. The Kier molecular flexibility index (Phi) is 6.38. The van der Waals surface area contributed by atoms with E-state index in [1.807, 2.05) is 13.8 Å². The molecule has 0 radical (unpaired) electrons. The normalized spacial score (nSPS) is 12.0. The molecule has 0 aromatic heterocycles. The smallest absolute Gasteiger partial charge is 0.179 e. The summed E-state index contributed by atoms with van der Waals surface area (Å²) < 4.78 is 5.42. The minimum atomic E-state index is -0.233. The molecule has 2 rings (SSSR count). The highest BCUT2D eigenvalue weighted by Crippen LogP contribution is 2.23. The second-order valence-electron chi connectivity index (χ2n) is 5.88. The maximum atomic E-state index is 12.7. The quantitative estimate of drug-likeness (QED) is 0.573. The van der Waals surface area contributed by atoms with Crippen LogP contribution < -0.4 is 15.8 Å². The fraction of sp³-hybridized carbons (Fsp3) is 0.350. The van der Waals surface area contributed by atoms with E-state index in [2.05, 4.69) is 36.5 Å². The fourth-order valence-corrected chi connectivity index (χ4v) is 2.56. The number of hydrogen-bond donors (Lipinski definition) is 2. The molecule has 2 aromatic rings. The summed E-state index contributed by atoms with van der Waals surface area (Å²) in [5.74, 6) is 0.675. The van der Waals surface area contributed by atoms with Gasteiger partial charge in [0.05, 0.1) is 18.3 Å². The van der Waals surface area contributed by atoms with Crippen LogP contribution in [-0.2, 0) is 6.54 Å². The molecule has 4 nitrogen and oxygen atoms in total. The Morgan fingerprint density at radius 3 is 2.46 bits per heavy atom. The van der Waals surface area contributed by atoms with Crippen LogP contribution in [0.5, 0.6) is 5.75 Å². The summed E-state index contributed by atoms with van der Waals surface area (Å²) in [5.41, 5.74) is 9.47. The Balaban J connectivity index is 2.05. The van der Waals surface area contributed by atoms with E-state index in [9.17, 15) is 4.79 Å². The number of nitrogens with two attached hydrogens (primary N) is 1. The van der Waals surface area contributed by atoms with E-state index in [1.165, 1.54) is 5.56 Å². The molecule has 0 spiro atoms. The van der Waals surface area contributed by atoms with Crippen molar-refractivity contribution in [3.63, 3.8) is 0 Å². The number of anilines is 1. The maximum Gasteiger partial charge on any atom is 0.179 e. The second-order valence-corrected chi connectivity index (χ2v) is 5.88. The summed E-state index contributed by atoms with van der Waals surface area (Å²) in [5, 5.41) is 3.34. The van der Waals surface area contributed by atoms with Gasteiger partial charge in [0.2, 0.25) is 0 Å². The second kappa shape index (κ2) is 8.50. The summed E-state index contributed by atoms with van der Waals surface area (Å²) in [6.45, 7) is 7.18. The summed E-state index contributed by atoms with van der Waals surface area (Å²) in [4.78, 5) is 12.7.